The predicted octanol–water partition coefficient (Wildman–Crippen LogP) is 11.2. The maximum Gasteiger partial charge on any atom is 0.309 e. The van der Waals surface area contributed by atoms with Gasteiger partial charge in [-0.25, -0.2) is 13.2 Å². The minimum absolute atomic E-state index is 0.171. The summed E-state index contributed by atoms with van der Waals surface area (Å²) in [5.74, 6) is 0.473. The highest BCUT2D eigenvalue weighted by molar-refractivity contribution is 9.10. The maximum atomic E-state index is 13.3. The molecule has 4 atom stereocenters. The Bertz CT molecular complexity index is 3600. The van der Waals surface area contributed by atoms with Crippen LogP contribution in [0, 0.1) is 0 Å². The van der Waals surface area contributed by atoms with E-state index in [-0.39, 0.29) is 54.9 Å². The van der Waals surface area contributed by atoms with Gasteiger partial charge < -0.3 is 46.3 Å². The molecule has 0 bridgehead atoms. The summed E-state index contributed by atoms with van der Waals surface area (Å²) in [6.45, 7) is 2.45. The van der Waals surface area contributed by atoms with E-state index in [9.17, 15) is 32.3 Å². The van der Waals surface area contributed by atoms with Crippen molar-refractivity contribution in [3.05, 3.63) is 144 Å². The summed E-state index contributed by atoms with van der Waals surface area (Å²) < 4.78 is 49.3. The second kappa shape index (κ2) is 32.2. The van der Waals surface area contributed by atoms with Gasteiger partial charge in [0.15, 0.2) is 0 Å². The molecule has 0 radical (unpaired) electrons. The number of rotatable bonds is 17. The van der Waals surface area contributed by atoms with Gasteiger partial charge in [0.2, 0.25) is 32.3 Å². The molecule has 21 nitrogen and oxygen atoms in total. The molecule has 5 fully saturated rings. The van der Waals surface area contributed by atoms with Gasteiger partial charge in [-0.3, -0.25) is 19.2 Å². The number of nitrogens with zero attached hydrogens (tertiary/aromatic N) is 11. The van der Waals surface area contributed by atoms with Crippen molar-refractivity contribution in [3.8, 4) is 0 Å². The van der Waals surface area contributed by atoms with E-state index in [2.05, 4.69) is 76.8 Å². The van der Waals surface area contributed by atoms with Crippen molar-refractivity contribution >= 4 is 123 Å². The van der Waals surface area contributed by atoms with Gasteiger partial charge in [0.1, 0.15) is 38.5 Å². The van der Waals surface area contributed by atoms with E-state index >= 15 is 0 Å². The number of methoxy groups -OCH3 is 2. The summed E-state index contributed by atoms with van der Waals surface area (Å²) in [6.07, 6.45) is 7.03. The van der Waals surface area contributed by atoms with Crippen LogP contribution >= 0.6 is 61.3 Å². The topological polar surface area (TPSA) is 276 Å². The first-order chi connectivity index (χ1) is 44.5. The molecule has 6 N–H and O–H groups in total. The van der Waals surface area contributed by atoms with Crippen LogP contribution in [0.15, 0.2) is 102 Å². The van der Waals surface area contributed by atoms with E-state index in [0.29, 0.717) is 78.1 Å². The lowest BCUT2D eigenvalue weighted by atomic mass is 9.82. The van der Waals surface area contributed by atoms with E-state index in [1.54, 1.807) is 0 Å². The molecule has 92 heavy (non-hydrogen) atoms. The average Bonchev–Trinajstić information content (AvgIpc) is 1.44. The SMILES string of the molecule is COC(=O)Cc1cccc(Br)c1.COC(=O)Cc1cccc(N2CC(F)C2)c1.Nc1nnc([C@H]2CCC[C@H](c3nnc(N)s3)C2)s1.O=C(Cc1cccc(N2CC(F)C2)c1)Nc1nnc([C@H]2CCC[C@H](c3nnc(NC(=O)Cc4cccc(N5CC(F)C5)c4)s3)C2)s1. The lowest BCUT2D eigenvalue weighted by Gasteiger charge is -2.36. The molecular formula is C63H71BrF3N15O6S4. The number of nitrogen functional groups attached to an aromatic ring is 2. The van der Waals surface area contributed by atoms with Gasteiger partial charge >= 0.3 is 11.9 Å². The van der Waals surface area contributed by atoms with Crippen molar-refractivity contribution in [1.82, 2.24) is 40.8 Å². The van der Waals surface area contributed by atoms with E-state index in [1.165, 1.54) is 66.0 Å². The molecule has 0 unspecified atom stereocenters. The molecule has 13 rings (SSSR count). The second-order valence-corrected chi connectivity index (χ2v) is 28.1. The summed E-state index contributed by atoms with van der Waals surface area (Å²) in [5.41, 5.74) is 17.7. The first kappa shape index (κ1) is 67.2. The Labute approximate surface area is 555 Å². The summed E-state index contributed by atoms with van der Waals surface area (Å²) in [6, 6.07) is 30.5. The normalized spacial score (nSPS) is 18.8. The lowest BCUT2D eigenvalue weighted by Crippen LogP contribution is -2.48. The number of nitrogens with one attached hydrogen (secondary N) is 2. The van der Waals surface area contributed by atoms with Crippen LogP contribution in [-0.2, 0) is 54.3 Å². The van der Waals surface area contributed by atoms with Gasteiger partial charge in [-0.05, 0) is 109 Å². The number of carbonyl (C=O) groups excluding carboxylic acids is 4. The highest BCUT2D eigenvalue weighted by Crippen LogP contribution is 2.45. The van der Waals surface area contributed by atoms with Crippen LogP contribution in [-0.4, -0.2) is 137 Å². The maximum absolute atomic E-state index is 13.3. The number of halogens is 4. The summed E-state index contributed by atoms with van der Waals surface area (Å²) >= 11 is 9.12. The number of alkyl halides is 3. The van der Waals surface area contributed by atoms with Gasteiger partial charge in [-0.1, -0.05) is 123 Å². The fraction of sp³-hybridized carbons (Fsp3) is 0.429. The third-order valence-corrected chi connectivity index (χ3v) is 20.5. The average molecular weight is 1400 g/mol. The van der Waals surface area contributed by atoms with E-state index in [4.69, 9.17) is 11.5 Å². The van der Waals surface area contributed by atoms with Crippen LogP contribution in [0.4, 0.5) is 50.8 Å². The number of anilines is 7. The van der Waals surface area contributed by atoms with Gasteiger partial charge in [-0.2, -0.15) is 0 Å². The van der Waals surface area contributed by atoms with Crippen LogP contribution in [0.5, 0.6) is 0 Å². The number of hydrogen-bond donors (Lipinski definition) is 4. The summed E-state index contributed by atoms with van der Waals surface area (Å²) in [5, 5.41) is 45.1. The molecule has 8 aromatic rings. The smallest absolute Gasteiger partial charge is 0.309 e. The Kier molecular flexibility index (Phi) is 23.5. The molecule has 2 saturated carbocycles. The van der Waals surface area contributed by atoms with Crippen molar-refractivity contribution < 1.29 is 41.8 Å². The van der Waals surface area contributed by atoms with Gasteiger partial charge in [-0.15, -0.1) is 40.8 Å². The van der Waals surface area contributed by atoms with E-state index in [0.717, 1.165) is 109 Å². The van der Waals surface area contributed by atoms with Crippen molar-refractivity contribution in [1.29, 1.82) is 0 Å². The number of amides is 2. The number of aromatic nitrogens is 8. The molecular weight excluding hydrogens is 1330 g/mol. The number of esters is 2. The van der Waals surface area contributed by atoms with E-state index in [1.807, 2.05) is 112 Å². The minimum atomic E-state index is -0.786. The zero-order valence-corrected chi connectivity index (χ0v) is 55.5. The highest BCUT2D eigenvalue weighted by atomic mass is 79.9. The Morgan fingerprint density at radius 3 is 1.13 bits per heavy atom. The van der Waals surface area contributed by atoms with Crippen LogP contribution < -0.4 is 36.8 Å². The molecule has 7 heterocycles. The monoisotopic (exact) mass is 1400 g/mol. The zero-order chi connectivity index (χ0) is 64.7. The number of carbonyl (C=O) groups is 4. The third kappa shape index (κ3) is 19.2. The number of ether oxygens (including phenoxy) is 2. The largest absolute Gasteiger partial charge is 0.469 e. The fourth-order valence-electron chi connectivity index (χ4n) is 11.3. The van der Waals surface area contributed by atoms with Gasteiger partial charge in [0, 0.05) is 45.2 Å². The molecule has 486 valence electrons. The van der Waals surface area contributed by atoms with Crippen molar-refractivity contribution in [2.24, 2.45) is 0 Å². The summed E-state index contributed by atoms with van der Waals surface area (Å²) in [7, 11) is 2.76. The quantitative estimate of drug-likeness (QED) is 0.0617. The molecule has 5 aliphatic rings. The van der Waals surface area contributed by atoms with Gasteiger partial charge in [0.25, 0.3) is 0 Å². The molecule has 4 aromatic carbocycles. The van der Waals surface area contributed by atoms with Crippen molar-refractivity contribution in [2.75, 3.05) is 90.3 Å². The molecule has 4 aromatic heterocycles. The zero-order valence-electron chi connectivity index (χ0n) is 50.7. The Balaban J connectivity index is 0.000000163. The van der Waals surface area contributed by atoms with Crippen LogP contribution in [0.2, 0.25) is 0 Å². The van der Waals surface area contributed by atoms with Crippen molar-refractivity contribution in [2.45, 2.75) is 119 Å². The Morgan fingerprint density at radius 2 is 0.804 bits per heavy atom. The molecule has 0 spiro atoms. The molecule has 3 saturated heterocycles. The number of nitrogens with two attached hydrogens (primary N) is 2. The van der Waals surface area contributed by atoms with Crippen LogP contribution in [0.25, 0.3) is 0 Å². The summed E-state index contributed by atoms with van der Waals surface area (Å²) in [4.78, 5) is 53.4. The standard InChI is InChI=1S/C32H34F2N8O2S2.C12H14FNO2.C10H14N6S2.C9H9BrO2/c33-23-15-41(16-23)25-8-1-4-19(10-25)12-27(43)35-31-39-37-29(45-31)21-6-3-7-22(14-21)30-38-40-32(46-30)36-28(44)13-20-5-2-9-26(11-20)42-17-24(34)18-42;1-16-12(15)6-9-3-2-4-11(5-9)14-7-10(13)8-14;11-9-15-13-7(17-9)5-2-1-3-6(4-5)8-14-16-10(12)18-8;1-12-9(11)6-7-3-2-4-8(10)5-7/h1-2,4-5,8-11,21-24H,3,6-7,12-18H2,(H,35,39,43)(H,36,40,44);2-5,10H,6-8H2,1H3;5-6H,1-4H2,(H2,11,15)(H2,12,16);2-5H,6H2,1H3/t21-,22-;;5-,6-;/m0.0./s1. The number of hydrogen-bond acceptors (Lipinski definition) is 23. The van der Waals surface area contributed by atoms with Crippen LogP contribution in [0.1, 0.15) is 117 Å². The lowest BCUT2D eigenvalue weighted by molar-refractivity contribution is -0.140. The molecule has 2 amide bonds. The highest BCUT2D eigenvalue weighted by Gasteiger charge is 2.33. The molecule has 3 aliphatic heterocycles. The first-order valence-electron chi connectivity index (χ1n) is 30.2. The van der Waals surface area contributed by atoms with Gasteiger partial charge in [0.05, 0.1) is 79.2 Å². The van der Waals surface area contributed by atoms with Crippen LogP contribution in [0.3, 0.4) is 0 Å². The fourth-order valence-corrected chi connectivity index (χ4v) is 15.1. The minimum Gasteiger partial charge on any atom is -0.469 e. The Morgan fingerprint density at radius 1 is 0.478 bits per heavy atom. The number of benzene rings is 4. The van der Waals surface area contributed by atoms with Crippen molar-refractivity contribution in [3.63, 3.8) is 0 Å². The predicted molar refractivity (Wildman–Crippen MR) is 357 cm³/mol. The molecule has 2 aliphatic carbocycles. The van der Waals surface area contributed by atoms with E-state index < -0.39 is 18.5 Å². The Hall–Kier alpha value is -7.73. The third-order valence-electron chi connectivity index (χ3n) is 16.1. The molecule has 29 heteroatoms. The first-order valence-corrected chi connectivity index (χ1v) is 34.3. The second-order valence-electron chi connectivity index (χ2n) is 23.1.